The SMILES string of the molecule is CN1C(=O)COC(C)(c2ccccc2)c2cc(-c3ccc(C#N)n3C)ccc21. The second-order valence-corrected chi connectivity index (χ2v) is 7.15. The van der Waals surface area contributed by atoms with Crippen LogP contribution in [-0.4, -0.2) is 24.1 Å². The minimum Gasteiger partial charge on any atom is -0.356 e. The summed E-state index contributed by atoms with van der Waals surface area (Å²) in [5, 5.41) is 9.27. The second-order valence-electron chi connectivity index (χ2n) is 7.15. The third-order valence-electron chi connectivity index (χ3n) is 5.59. The van der Waals surface area contributed by atoms with E-state index >= 15 is 0 Å². The van der Waals surface area contributed by atoms with Gasteiger partial charge in [-0.05, 0) is 42.3 Å². The van der Waals surface area contributed by atoms with E-state index in [4.69, 9.17) is 4.74 Å². The fourth-order valence-electron chi connectivity index (χ4n) is 3.79. The Kier molecular flexibility index (Phi) is 4.29. The van der Waals surface area contributed by atoms with Gasteiger partial charge in [-0.1, -0.05) is 36.4 Å². The average Bonchev–Trinajstić information content (AvgIpc) is 3.07. The van der Waals surface area contributed by atoms with Crippen LogP contribution in [0.25, 0.3) is 11.3 Å². The number of anilines is 1. The molecule has 1 aliphatic heterocycles. The van der Waals surface area contributed by atoms with Crippen molar-refractivity contribution in [3.05, 3.63) is 77.5 Å². The van der Waals surface area contributed by atoms with E-state index in [0.29, 0.717) is 5.69 Å². The number of carbonyl (C=O) groups is 1. The maximum absolute atomic E-state index is 12.5. The average molecular weight is 371 g/mol. The number of ether oxygens (including phenoxy) is 1. The smallest absolute Gasteiger partial charge is 0.252 e. The van der Waals surface area contributed by atoms with Crippen LogP contribution in [-0.2, 0) is 22.2 Å². The molecule has 3 aromatic rings. The lowest BCUT2D eigenvalue weighted by Gasteiger charge is -2.31. The Morgan fingerprint density at radius 2 is 1.82 bits per heavy atom. The molecular weight excluding hydrogens is 350 g/mol. The first-order valence-corrected chi connectivity index (χ1v) is 9.12. The first-order valence-electron chi connectivity index (χ1n) is 9.12. The Labute approximate surface area is 164 Å². The summed E-state index contributed by atoms with van der Waals surface area (Å²) >= 11 is 0. The summed E-state index contributed by atoms with van der Waals surface area (Å²) in [6, 6.07) is 21.9. The highest BCUT2D eigenvalue weighted by Crippen LogP contribution is 2.42. The van der Waals surface area contributed by atoms with Crippen LogP contribution in [0.4, 0.5) is 5.69 Å². The minimum absolute atomic E-state index is 0.00857. The zero-order valence-corrected chi connectivity index (χ0v) is 16.1. The number of fused-ring (bicyclic) bond motifs is 1. The van der Waals surface area contributed by atoms with Gasteiger partial charge in [0, 0.05) is 31.0 Å². The molecule has 0 fully saturated rings. The van der Waals surface area contributed by atoms with Gasteiger partial charge in [0.1, 0.15) is 24.0 Å². The maximum Gasteiger partial charge on any atom is 0.252 e. The molecular formula is C23H21N3O2. The van der Waals surface area contributed by atoms with Crippen molar-refractivity contribution < 1.29 is 9.53 Å². The molecule has 140 valence electrons. The molecule has 0 N–H and O–H groups in total. The van der Waals surface area contributed by atoms with E-state index in [-0.39, 0.29) is 12.5 Å². The van der Waals surface area contributed by atoms with Gasteiger partial charge in [0.2, 0.25) is 0 Å². The van der Waals surface area contributed by atoms with Crippen LogP contribution in [0, 0.1) is 11.3 Å². The lowest BCUT2D eigenvalue weighted by molar-refractivity contribution is -0.126. The molecule has 2 heterocycles. The number of amides is 1. The van der Waals surface area contributed by atoms with E-state index in [2.05, 4.69) is 12.1 Å². The number of nitriles is 1. The molecule has 4 rings (SSSR count). The highest BCUT2D eigenvalue weighted by molar-refractivity contribution is 5.96. The molecule has 0 spiro atoms. The fourth-order valence-corrected chi connectivity index (χ4v) is 3.79. The van der Waals surface area contributed by atoms with Crippen molar-refractivity contribution in [1.29, 1.82) is 5.26 Å². The molecule has 0 saturated heterocycles. The van der Waals surface area contributed by atoms with E-state index in [1.165, 1.54) is 0 Å². The summed E-state index contributed by atoms with van der Waals surface area (Å²) in [4.78, 5) is 14.2. The Bertz CT molecular complexity index is 1090. The molecule has 0 bridgehead atoms. The van der Waals surface area contributed by atoms with E-state index in [1.807, 2.05) is 73.1 Å². The van der Waals surface area contributed by atoms with Crippen molar-refractivity contribution >= 4 is 11.6 Å². The van der Waals surface area contributed by atoms with Crippen molar-refractivity contribution in [2.75, 3.05) is 18.6 Å². The van der Waals surface area contributed by atoms with Gasteiger partial charge in [-0.2, -0.15) is 5.26 Å². The topological polar surface area (TPSA) is 58.3 Å². The summed E-state index contributed by atoms with van der Waals surface area (Å²) in [6.07, 6.45) is 0. The number of rotatable bonds is 2. The van der Waals surface area contributed by atoms with Gasteiger partial charge in [0.25, 0.3) is 5.91 Å². The number of carbonyl (C=O) groups excluding carboxylic acids is 1. The molecule has 1 aliphatic rings. The van der Waals surface area contributed by atoms with Crippen LogP contribution in [0.15, 0.2) is 60.7 Å². The van der Waals surface area contributed by atoms with Gasteiger partial charge < -0.3 is 14.2 Å². The summed E-state index contributed by atoms with van der Waals surface area (Å²) in [5.41, 5.74) is 4.47. The van der Waals surface area contributed by atoms with E-state index in [0.717, 1.165) is 28.1 Å². The number of aromatic nitrogens is 1. The van der Waals surface area contributed by atoms with Crippen LogP contribution in [0.2, 0.25) is 0 Å². The van der Waals surface area contributed by atoms with E-state index in [1.54, 1.807) is 11.9 Å². The predicted octanol–water partition coefficient (Wildman–Crippen LogP) is 3.82. The van der Waals surface area contributed by atoms with Crippen molar-refractivity contribution in [1.82, 2.24) is 4.57 Å². The molecule has 1 amide bonds. The minimum atomic E-state index is -0.768. The van der Waals surface area contributed by atoms with Gasteiger partial charge >= 0.3 is 0 Å². The Morgan fingerprint density at radius 3 is 2.50 bits per heavy atom. The van der Waals surface area contributed by atoms with Gasteiger partial charge in [-0.25, -0.2) is 0 Å². The van der Waals surface area contributed by atoms with Crippen LogP contribution in [0.3, 0.4) is 0 Å². The zero-order valence-electron chi connectivity index (χ0n) is 16.1. The van der Waals surface area contributed by atoms with Crippen LogP contribution < -0.4 is 4.90 Å². The fraction of sp³-hybridized carbons (Fsp3) is 0.217. The molecule has 1 atom stereocenters. The molecule has 28 heavy (non-hydrogen) atoms. The predicted molar refractivity (Wildman–Crippen MR) is 108 cm³/mol. The van der Waals surface area contributed by atoms with Gasteiger partial charge in [-0.15, -0.1) is 0 Å². The molecule has 1 aromatic heterocycles. The van der Waals surface area contributed by atoms with Gasteiger partial charge in [0.15, 0.2) is 0 Å². The van der Waals surface area contributed by atoms with Crippen molar-refractivity contribution in [2.45, 2.75) is 12.5 Å². The second kappa shape index (κ2) is 6.66. The maximum atomic E-state index is 12.5. The number of nitrogens with zero attached hydrogens (tertiary/aromatic N) is 3. The normalized spacial score (nSPS) is 19.1. The first-order chi connectivity index (χ1) is 13.5. The van der Waals surface area contributed by atoms with Gasteiger partial charge in [0.05, 0.1) is 0 Å². The standard InChI is InChI=1S/C23H21N3O2/c1-23(17-7-5-4-6-8-17)19-13-16(20-12-10-18(14-24)25(20)2)9-11-21(19)26(3)22(27)15-28-23/h4-13H,15H2,1-3H3. The van der Waals surface area contributed by atoms with E-state index in [9.17, 15) is 10.1 Å². The Balaban J connectivity index is 1.95. The lowest BCUT2D eigenvalue weighted by atomic mass is 9.85. The largest absolute Gasteiger partial charge is 0.356 e. The number of benzene rings is 2. The number of hydrogen-bond acceptors (Lipinski definition) is 3. The van der Waals surface area contributed by atoms with Gasteiger partial charge in [-0.3, -0.25) is 4.79 Å². The Morgan fingerprint density at radius 1 is 1.07 bits per heavy atom. The first kappa shape index (κ1) is 18.0. The lowest BCUT2D eigenvalue weighted by Crippen LogP contribution is -2.29. The molecule has 0 saturated carbocycles. The molecule has 0 aliphatic carbocycles. The van der Waals surface area contributed by atoms with Crippen molar-refractivity contribution in [3.63, 3.8) is 0 Å². The van der Waals surface area contributed by atoms with E-state index < -0.39 is 5.60 Å². The summed E-state index contributed by atoms with van der Waals surface area (Å²) < 4.78 is 8.05. The molecule has 2 aromatic carbocycles. The summed E-state index contributed by atoms with van der Waals surface area (Å²) in [7, 11) is 3.65. The van der Waals surface area contributed by atoms with Crippen LogP contribution in [0.5, 0.6) is 0 Å². The zero-order chi connectivity index (χ0) is 19.9. The number of hydrogen-bond donors (Lipinski definition) is 0. The number of likely N-dealkylation sites (N-methyl/N-ethyl adjacent to an activating group) is 1. The highest BCUT2D eigenvalue weighted by atomic mass is 16.5. The van der Waals surface area contributed by atoms with Crippen molar-refractivity contribution in [3.8, 4) is 17.3 Å². The monoisotopic (exact) mass is 371 g/mol. The molecule has 1 unspecified atom stereocenters. The molecule has 0 radical (unpaired) electrons. The van der Waals surface area contributed by atoms with Crippen LogP contribution in [0.1, 0.15) is 23.7 Å². The third-order valence-corrected chi connectivity index (χ3v) is 5.59. The molecule has 5 nitrogen and oxygen atoms in total. The molecule has 5 heteroatoms. The Hall–Kier alpha value is -3.36. The quantitative estimate of drug-likeness (QED) is 0.688. The third kappa shape index (κ3) is 2.70. The summed E-state index contributed by atoms with van der Waals surface area (Å²) in [5.74, 6) is -0.0840. The van der Waals surface area contributed by atoms with Crippen LogP contribution >= 0.6 is 0 Å². The summed E-state index contributed by atoms with van der Waals surface area (Å²) in [6.45, 7) is 2.01. The highest BCUT2D eigenvalue weighted by Gasteiger charge is 2.38. The van der Waals surface area contributed by atoms with Crippen molar-refractivity contribution in [2.24, 2.45) is 7.05 Å².